The lowest BCUT2D eigenvalue weighted by atomic mass is 10.1. The molecule has 1 aromatic heterocycles. The van der Waals surface area contributed by atoms with Crippen molar-refractivity contribution in [3.8, 4) is 0 Å². The summed E-state index contributed by atoms with van der Waals surface area (Å²) in [6.45, 7) is 6.04. The largest absolute Gasteiger partial charge is 0.356 e. The van der Waals surface area contributed by atoms with Gasteiger partial charge in [0.2, 0.25) is 5.91 Å². The molecule has 0 unspecified atom stereocenters. The number of benzene rings is 2. The maximum Gasteiger partial charge on any atom is 0.238 e. The van der Waals surface area contributed by atoms with Crippen molar-refractivity contribution in [2.45, 2.75) is 13.5 Å². The van der Waals surface area contributed by atoms with E-state index in [0.29, 0.717) is 17.8 Å². The maximum absolute atomic E-state index is 12.3. The minimum Gasteiger partial charge on any atom is -0.356 e. The molecule has 0 spiro atoms. The number of carbonyl (C=O) groups excluding carboxylic acids is 2. The van der Waals surface area contributed by atoms with Gasteiger partial charge in [0.15, 0.2) is 11.4 Å². The van der Waals surface area contributed by atoms with Crippen LogP contribution in [0.15, 0.2) is 53.1 Å². The number of anilines is 1. The molecule has 150 valence electrons. The van der Waals surface area contributed by atoms with Crippen molar-refractivity contribution in [2.75, 3.05) is 38.0 Å². The highest BCUT2D eigenvalue weighted by Crippen LogP contribution is 2.19. The molecule has 2 heterocycles. The zero-order valence-electron chi connectivity index (χ0n) is 16.4. The number of Topliss-reactive ketones (excluding diaryl/α,β-unsaturated/α-hetero) is 1. The van der Waals surface area contributed by atoms with Gasteiger partial charge in [-0.25, -0.2) is 0 Å². The van der Waals surface area contributed by atoms with E-state index in [1.54, 1.807) is 24.3 Å². The third kappa shape index (κ3) is 4.70. The zero-order chi connectivity index (χ0) is 20.2. The van der Waals surface area contributed by atoms with Crippen molar-refractivity contribution in [1.82, 2.24) is 15.0 Å². The molecule has 0 atom stereocenters. The number of ketones is 1. The molecule has 0 radical (unpaired) electrons. The topological polar surface area (TPSA) is 78.7 Å². The number of para-hydroxylation sites is 1. The van der Waals surface area contributed by atoms with Gasteiger partial charge in [0.1, 0.15) is 5.69 Å². The first-order valence-corrected chi connectivity index (χ1v) is 9.77. The average molecular weight is 392 g/mol. The summed E-state index contributed by atoms with van der Waals surface area (Å²) in [5, 5.41) is 8.16. The van der Waals surface area contributed by atoms with Gasteiger partial charge in [-0.05, 0) is 43.3 Å². The minimum atomic E-state index is -0.0449. The van der Waals surface area contributed by atoms with Crippen molar-refractivity contribution >= 4 is 28.3 Å². The highest BCUT2D eigenvalue weighted by molar-refractivity contribution is 5.96. The highest BCUT2D eigenvalue weighted by atomic mass is 16.5. The molecule has 0 saturated carbocycles. The summed E-state index contributed by atoms with van der Waals surface area (Å²) < 4.78 is 5.38. The number of rotatable bonds is 6. The highest BCUT2D eigenvalue weighted by Gasteiger charge is 2.21. The smallest absolute Gasteiger partial charge is 0.238 e. The van der Waals surface area contributed by atoms with E-state index in [9.17, 15) is 9.59 Å². The summed E-state index contributed by atoms with van der Waals surface area (Å²) >= 11 is 0. The summed E-state index contributed by atoms with van der Waals surface area (Å²) in [7, 11) is 0. The monoisotopic (exact) mass is 392 g/mol. The van der Waals surface area contributed by atoms with E-state index in [1.807, 2.05) is 24.3 Å². The van der Waals surface area contributed by atoms with Crippen LogP contribution in [0.5, 0.6) is 0 Å². The molecule has 1 aliphatic heterocycles. The molecular weight excluding hydrogens is 368 g/mol. The van der Waals surface area contributed by atoms with Crippen LogP contribution in [0.25, 0.3) is 11.0 Å². The molecule has 1 aliphatic rings. The van der Waals surface area contributed by atoms with E-state index < -0.39 is 0 Å². The Bertz CT molecular complexity index is 1000. The standard InChI is InChI=1S/C22H24N4O3/c1-16(27)17-6-8-18(9-7-17)23-22(28)15-26-12-10-25(11-13-26)14-20-19-4-2-3-5-21(19)29-24-20/h2-9H,10-15H2,1H3,(H,23,28). The number of carbonyl (C=O) groups is 2. The molecule has 7 heteroatoms. The lowest BCUT2D eigenvalue weighted by Gasteiger charge is -2.33. The van der Waals surface area contributed by atoms with Gasteiger partial charge in [-0.3, -0.25) is 19.4 Å². The molecule has 2 aromatic carbocycles. The van der Waals surface area contributed by atoms with Crippen LogP contribution in [0.3, 0.4) is 0 Å². The molecule has 0 aliphatic carbocycles. The van der Waals surface area contributed by atoms with Gasteiger partial charge >= 0.3 is 0 Å². The van der Waals surface area contributed by atoms with Gasteiger partial charge in [-0.15, -0.1) is 0 Å². The fourth-order valence-corrected chi connectivity index (χ4v) is 3.56. The predicted octanol–water partition coefficient (Wildman–Crippen LogP) is 2.79. The summed E-state index contributed by atoms with van der Waals surface area (Å²) in [4.78, 5) is 28.1. The number of aromatic nitrogens is 1. The Morgan fingerprint density at radius 3 is 2.41 bits per heavy atom. The number of piperazine rings is 1. The molecule has 0 bridgehead atoms. The van der Waals surface area contributed by atoms with E-state index in [4.69, 9.17) is 4.52 Å². The second-order valence-corrected chi connectivity index (χ2v) is 7.36. The lowest BCUT2D eigenvalue weighted by Crippen LogP contribution is -2.48. The zero-order valence-corrected chi connectivity index (χ0v) is 16.4. The fraction of sp³-hybridized carbons (Fsp3) is 0.318. The second kappa shape index (κ2) is 8.55. The van der Waals surface area contributed by atoms with Crippen molar-refractivity contribution < 1.29 is 14.1 Å². The first-order valence-electron chi connectivity index (χ1n) is 9.77. The molecule has 7 nitrogen and oxygen atoms in total. The molecule has 1 N–H and O–H groups in total. The maximum atomic E-state index is 12.3. The van der Waals surface area contributed by atoms with Crippen molar-refractivity contribution in [2.24, 2.45) is 0 Å². The quantitative estimate of drug-likeness (QED) is 0.650. The molecule has 1 fully saturated rings. The number of nitrogens with one attached hydrogen (secondary N) is 1. The average Bonchev–Trinajstić information content (AvgIpc) is 3.13. The Kier molecular flexibility index (Phi) is 5.69. The van der Waals surface area contributed by atoms with E-state index in [-0.39, 0.29) is 11.7 Å². The Hall–Kier alpha value is -3.03. The van der Waals surface area contributed by atoms with Crippen LogP contribution >= 0.6 is 0 Å². The van der Waals surface area contributed by atoms with Crippen LogP contribution in [0.4, 0.5) is 5.69 Å². The number of hydrogen-bond acceptors (Lipinski definition) is 6. The Labute approximate surface area is 169 Å². The SMILES string of the molecule is CC(=O)c1ccc(NC(=O)CN2CCN(Cc3noc4ccccc34)CC2)cc1. The molecule has 3 aromatic rings. The first kappa shape index (κ1) is 19.3. The second-order valence-electron chi connectivity index (χ2n) is 7.36. The Morgan fingerprint density at radius 1 is 1.00 bits per heavy atom. The third-order valence-electron chi connectivity index (χ3n) is 5.23. The van der Waals surface area contributed by atoms with Crippen LogP contribution < -0.4 is 5.32 Å². The molecule has 29 heavy (non-hydrogen) atoms. The van der Waals surface area contributed by atoms with Crippen LogP contribution in [0, 0.1) is 0 Å². The van der Waals surface area contributed by atoms with Gasteiger partial charge in [0.25, 0.3) is 0 Å². The summed E-state index contributed by atoms with van der Waals surface area (Å²) in [6.07, 6.45) is 0. The normalized spacial score (nSPS) is 15.5. The molecule has 1 saturated heterocycles. The predicted molar refractivity (Wildman–Crippen MR) is 111 cm³/mol. The lowest BCUT2D eigenvalue weighted by molar-refractivity contribution is -0.117. The van der Waals surface area contributed by atoms with E-state index in [0.717, 1.165) is 49.4 Å². The van der Waals surface area contributed by atoms with E-state index in [1.165, 1.54) is 6.92 Å². The number of hydrogen-bond donors (Lipinski definition) is 1. The summed E-state index contributed by atoms with van der Waals surface area (Å²) in [5.74, 6) is -0.0316. The summed E-state index contributed by atoms with van der Waals surface area (Å²) in [6, 6.07) is 14.9. The van der Waals surface area contributed by atoms with Crippen LogP contribution in [0.1, 0.15) is 23.0 Å². The van der Waals surface area contributed by atoms with Gasteiger partial charge < -0.3 is 9.84 Å². The minimum absolute atomic E-state index is 0.0133. The molecule has 4 rings (SSSR count). The van der Waals surface area contributed by atoms with Crippen LogP contribution in [0.2, 0.25) is 0 Å². The Morgan fingerprint density at radius 2 is 1.69 bits per heavy atom. The number of amides is 1. The van der Waals surface area contributed by atoms with Crippen molar-refractivity contribution in [1.29, 1.82) is 0 Å². The first-order chi connectivity index (χ1) is 14.1. The van der Waals surface area contributed by atoms with Crippen LogP contribution in [-0.2, 0) is 11.3 Å². The van der Waals surface area contributed by atoms with Gasteiger partial charge in [0, 0.05) is 49.4 Å². The molecule has 1 amide bonds. The Balaban J connectivity index is 1.25. The van der Waals surface area contributed by atoms with E-state index in [2.05, 4.69) is 20.3 Å². The van der Waals surface area contributed by atoms with Gasteiger partial charge in [-0.2, -0.15) is 0 Å². The van der Waals surface area contributed by atoms with E-state index >= 15 is 0 Å². The van der Waals surface area contributed by atoms with Gasteiger partial charge in [0.05, 0.1) is 6.54 Å². The van der Waals surface area contributed by atoms with Crippen LogP contribution in [-0.4, -0.2) is 59.4 Å². The van der Waals surface area contributed by atoms with Crippen molar-refractivity contribution in [3.63, 3.8) is 0 Å². The third-order valence-corrected chi connectivity index (χ3v) is 5.23. The number of fused-ring (bicyclic) bond motifs is 1. The molecular formula is C22H24N4O3. The van der Waals surface area contributed by atoms with Crippen molar-refractivity contribution in [3.05, 3.63) is 59.8 Å². The fourth-order valence-electron chi connectivity index (χ4n) is 3.56. The summed E-state index contributed by atoms with van der Waals surface area (Å²) in [5.41, 5.74) is 3.12. The number of nitrogens with zero attached hydrogens (tertiary/aromatic N) is 3. The van der Waals surface area contributed by atoms with Gasteiger partial charge in [-0.1, -0.05) is 17.3 Å².